The summed E-state index contributed by atoms with van der Waals surface area (Å²) >= 11 is 1.72. The summed E-state index contributed by atoms with van der Waals surface area (Å²) in [6, 6.07) is 12.7. The molecule has 8 heteroatoms. The van der Waals surface area contributed by atoms with Gasteiger partial charge in [-0.2, -0.15) is 0 Å². The number of nitrogens with one attached hydrogen (secondary N) is 1. The number of anilines is 1. The Morgan fingerprint density at radius 1 is 1.18 bits per heavy atom. The lowest BCUT2D eigenvalue weighted by Crippen LogP contribution is -2.46. The van der Waals surface area contributed by atoms with Crippen LogP contribution in [0.25, 0.3) is 0 Å². The number of imide groups is 1. The number of rotatable bonds is 6. The highest BCUT2D eigenvalue weighted by molar-refractivity contribution is 8.00. The molecule has 4 rings (SSSR count). The first-order valence-electron chi connectivity index (χ1n) is 11.3. The monoisotopic (exact) mass is 469 g/mol. The minimum absolute atomic E-state index is 0.300. The molecule has 2 aromatic rings. The van der Waals surface area contributed by atoms with Gasteiger partial charge in [-0.1, -0.05) is 51.0 Å². The zero-order valence-electron chi connectivity index (χ0n) is 18.8. The standard InChI is InChI=1S/C25H28FN3O3S/c1-3-4-14-25(18-9-11-19(26)12-10-18)23(31)29(24(32)27-25)16-22(30)28-15-13-17(2)33-21-8-6-5-7-20(21)28/h5-12,17H,3-4,13-16H2,1-2H3,(H,27,32)/t17-,25-/m1/s1. The summed E-state index contributed by atoms with van der Waals surface area (Å²) in [6.45, 7) is 4.30. The first kappa shape index (κ1) is 23.3. The number of unbranched alkanes of at least 4 members (excludes halogenated alkanes) is 1. The van der Waals surface area contributed by atoms with Crippen molar-refractivity contribution in [3.63, 3.8) is 0 Å². The van der Waals surface area contributed by atoms with E-state index < -0.39 is 23.3 Å². The number of fused-ring (bicyclic) bond motifs is 1. The number of thioether (sulfide) groups is 1. The first-order valence-corrected chi connectivity index (χ1v) is 12.2. The fraction of sp³-hybridized carbons (Fsp3) is 0.400. The molecule has 2 atom stereocenters. The summed E-state index contributed by atoms with van der Waals surface area (Å²) < 4.78 is 13.5. The molecular formula is C25H28FN3O3S. The molecule has 0 radical (unpaired) electrons. The molecule has 2 aliphatic heterocycles. The lowest BCUT2D eigenvalue weighted by atomic mass is 9.85. The van der Waals surface area contributed by atoms with Gasteiger partial charge in [0.15, 0.2) is 0 Å². The maximum atomic E-state index is 13.6. The van der Waals surface area contributed by atoms with Gasteiger partial charge in [-0.15, -0.1) is 11.8 Å². The summed E-state index contributed by atoms with van der Waals surface area (Å²) in [5.41, 5.74) is 0.0398. The van der Waals surface area contributed by atoms with Gasteiger partial charge < -0.3 is 10.2 Å². The highest BCUT2D eigenvalue weighted by Gasteiger charge is 2.52. The number of amides is 4. The van der Waals surface area contributed by atoms with Crippen LogP contribution < -0.4 is 10.2 Å². The lowest BCUT2D eigenvalue weighted by molar-refractivity contribution is -0.135. The Kier molecular flexibility index (Phi) is 6.74. The number of nitrogens with zero attached hydrogens (tertiary/aromatic N) is 2. The molecule has 0 saturated carbocycles. The van der Waals surface area contributed by atoms with Gasteiger partial charge in [-0.25, -0.2) is 9.18 Å². The Hall–Kier alpha value is -2.87. The minimum atomic E-state index is -1.29. The predicted octanol–water partition coefficient (Wildman–Crippen LogP) is 4.68. The van der Waals surface area contributed by atoms with Crippen molar-refractivity contribution in [3.05, 3.63) is 59.9 Å². The zero-order valence-corrected chi connectivity index (χ0v) is 19.7. The Bertz CT molecular complexity index is 1060. The third kappa shape index (κ3) is 4.49. The third-order valence-electron chi connectivity index (χ3n) is 6.26. The summed E-state index contributed by atoms with van der Waals surface area (Å²) in [7, 11) is 0. The molecule has 4 amide bonds. The first-order chi connectivity index (χ1) is 15.9. The molecule has 1 fully saturated rings. The second-order valence-corrected chi connectivity index (χ2v) is 10.0. The van der Waals surface area contributed by atoms with Gasteiger partial charge in [-0.05, 0) is 42.7 Å². The second-order valence-electron chi connectivity index (χ2n) is 8.57. The number of urea groups is 1. The SMILES string of the molecule is CCCC[C@]1(c2ccc(F)cc2)NC(=O)N(CC(=O)N2CC[C@@H](C)Sc3ccccc32)C1=O. The molecule has 0 unspecified atom stereocenters. The fourth-order valence-corrected chi connectivity index (χ4v) is 5.53. The molecule has 33 heavy (non-hydrogen) atoms. The van der Waals surface area contributed by atoms with E-state index in [4.69, 9.17) is 0 Å². The molecule has 6 nitrogen and oxygen atoms in total. The summed E-state index contributed by atoms with van der Waals surface area (Å²) in [6.07, 6.45) is 2.71. The highest BCUT2D eigenvalue weighted by atomic mass is 32.2. The van der Waals surface area contributed by atoms with E-state index in [-0.39, 0.29) is 12.5 Å². The number of hydrogen-bond acceptors (Lipinski definition) is 4. The zero-order chi connectivity index (χ0) is 23.6. The summed E-state index contributed by atoms with van der Waals surface area (Å²) in [5, 5.41) is 3.17. The van der Waals surface area contributed by atoms with Crippen LogP contribution in [-0.4, -0.2) is 41.1 Å². The van der Waals surface area contributed by atoms with Crippen LogP contribution in [0.1, 0.15) is 45.1 Å². The van der Waals surface area contributed by atoms with Crippen LogP contribution >= 0.6 is 11.8 Å². The third-order valence-corrected chi connectivity index (χ3v) is 7.49. The van der Waals surface area contributed by atoms with E-state index in [1.54, 1.807) is 16.7 Å². The fourth-order valence-electron chi connectivity index (χ4n) is 4.42. The smallest absolute Gasteiger partial charge is 0.319 e. The number of carbonyl (C=O) groups excluding carboxylic acids is 3. The Morgan fingerprint density at radius 3 is 2.64 bits per heavy atom. The van der Waals surface area contributed by atoms with Crippen LogP contribution in [0.4, 0.5) is 14.9 Å². The lowest BCUT2D eigenvalue weighted by Gasteiger charge is -2.28. The minimum Gasteiger partial charge on any atom is -0.319 e. The molecule has 2 heterocycles. The van der Waals surface area contributed by atoms with Crippen LogP contribution in [0, 0.1) is 5.82 Å². The normalized spacial score (nSPS) is 22.7. The average Bonchev–Trinajstić information content (AvgIpc) is 2.94. The summed E-state index contributed by atoms with van der Waals surface area (Å²) in [4.78, 5) is 43.6. The van der Waals surface area contributed by atoms with Crippen molar-refractivity contribution in [1.29, 1.82) is 0 Å². The number of carbonyl (C=O) groups is 3. The largest absolute Gasteiger partial charge is 0.325 e. The van der Waals surface area contributed by atoms with Crippen molar-refractivity contribution in [2.75, 3.05) is 18.0 Å². The second kappa shape index (κ2) is 9.55. The molecule has 0 bridgehead atoms. The Labute approximate surface area is 197 Å². The quantitative estimate of drug-likeness (QED) is 0.624. The molecule has 174 valence electrons. The average molecular weight is 470 g/mol. The van der Waals surface area contributed by atoms with Crippen molar-refractivity contribution >= 4 is 35.3 Å². The molecule has 1 saturated heterocycles. The van der Waals surface area contributed by atoms with Gasteiger partial charge in [0.05, 0.1) is 5.69 Å². The van der Waals surface area contributed by atoms with E-state index in [2.05, 4.69) is 12.2 Å². The van der Waals surface area contributed by atoms with Crippen LogP contribution in [0.15, 0.2) is 53.4 Å². The van der Waals surface area contributed by atoms with Crippen LogP contribution in [0.5, 0.6) is 0 Å². The van der Waals surface area contributed by atoms with Crippen LogP contribution in [0.2, 0.25) is 0 Å². The van der Waals surface area contributed by atoms with Crippen molar-refractivity contribution < 1.29 is 18.8 Å². The van der Waals surface area contributed by atoms with Crippen molar-refractivity contribution in [2.45, 2.75) is 55.2 Å². The number of benzene rings is 2. The van der Waals surface area contributed by atoms with Crippen LogP contribution in [0.3, 0.4) is 0 Å². The molecule has 2 aromatic carbocycles. The van der Waals surface area contributed by atoms with E-state index in [0.717, 1.165) is 28.3 Å². The number of para-hydroxylation sites is 1. The Balaban J connectivity index is 1.61. The van der Waals surface area contributed by atoms with E-state index in [1.165, 1.54) is 24.3 Å². The molecular weight excluding hydrogens is 441 g/mol. The number of halogens is 1. The van der Waals surface area contributed by atoms with Crippen LogP contribution in [-0.2, 0) is 15.1 Å². The maximum absolute atomic E-state index is 13.6. The predicted molar refractivity (Wildman–Crippen MR) is 127 cm³/mol. The van der Waals surface area contributed by atoms with Gasteiger partial charge in [0.2, 0.25) is 5.91 Å². The molecule has 0 spiro atoms. The van der Waals surface area contributed by atoms with Crippen molar-refractivity contribution in [1.82, 2.24) is 10.2 Å². The molecule has 1 N–H and O–H groups in total. The molecule has 0 aromatic heterocycles. The Morgan fingerprint density at radius 2 is 1.91 bits per heavy atom. The van der Waals surface area contributed by atoms with Gasteiger partial charge in [0, 0.05) is 16.7 Å². The van der Waals surface area contributed by atoms with Crippen molar-refractivity contribution in [2.24, 2.45) is 0 Å². The van der Waals surface area contributed by atoms with E-state index in [1.807, 2.05) is 31.2 Å². The molecule has 2 aliphatic rings. The summed E-state index contributed by atoms with van der Waals surface area (Å²) in [5.74, 6) is -1.18. The van der Waals surface area contributed by atoms with Gasteiger partial charge in [0.25, 0.3) is 5.91 Å². The molecule has 0 aliphatic carbocycles. The number of hydrogen-bond donors (Lipinski definition) is 1. The van der Waals surface area contributed by atoms with E-state index >= 15 is 0 Å². The van der Waals surface area contributed by atoms with Gasteiger partial charge in [-0.3, -0.25) is 14.5 Å². The topological polar surface area (TPSA) is 69.7 Å². The maximum Gasteiger partial charge on any atom is 0.325 e. The van der Waals surface area contributed by atoms with Gasteiger partial charge >= 0.3 is 6.03 Å². The van der Waals surface area contributed by atoms with Gasteiger partial charge in [0.1, 0.15) is 17.9 Å². The van der Waals surface area contributed by atoms with Crippen molar-refractivity contribution in [3.8, 4) is 0 Å². The van der Waals surface area contributed by atoms with E-state index in [9.17, 15) is 18.8 Å². The highest BCUT2D eigenvalue weighted by Crippen LogP contribution is 2.38. The van der Waals surface area contributed by atoms with E-state index in [0.29, 0.717) is 30.2 Å².